The molecular weight excluding hydrogens is 362 g/mol. The van der Waals surface area contributed by atoms with E-state index in [9.17, 15) is 0 Å². The van der Waals surface area contributed by atoms with Crippen LogP contribution in [0.5, 0.6) is 5.75 Å². The Bertz CT molecular complexity index is 812. The van der Waals surface area contributed by atoms with E-state index in [4.69, 9.17) is 9.84 Å². The van der Waals surface area contributed by atoms with Gasteiger partial charge in [-0.15, -0.1) is 0 Å². The zero-order valence-electron chi connectivity index (χ0n) is 17.0. The van der Waals surface area contributed by atoms with E-state index >= 15 is 0 Å². The zero-order valence-corrected chi connectivity index (χ0v) is 17.0. The summed E-state index contributed by atoms with van der Waals surface area (Å²) < 4.78 is 5.77. The Labute approximate surface area is 173 Å². The number of aliphatic hydroxyl groups excluding tert-OH is 1. The molecule has 4 heterocycles. The molecule has 0 saturated carbocycles. The standard InChI is InChI=1S/C24H31N3O2/c28-12-13-29-22-9-5-4-6-19(22)14-25-23-20-15-26-10-11-27(16-20)18-24(23,17-26)21-7-2-1-3-8-21/h1-9,20,23,25,28H,10-18H2. The fourth-order valence-corrected chi connectivity index (χ4v) is 5.84. The average Bonchev–Trinajstić information content (AvgIpc) is 3.01. The first-order valence-electron chi connectivity index (χ1n) is 10.8. The molecule has 0 amide bonds. The summed E-state index contributed by atoms with van der Waals surface area (Å²) in [5, 5.41) is 13.1. The quantitative estimate of drug-likeness (QED) is 0.750. The molecule has 0 radical (unpaired) electrons. The van der Waals surface area contributed by atoms with Crippen molar-refractivity contribution in [3.8, 4) is 5.75 Å². The third kappa shape index (κ3) is 3.57. The van der Waals surface area contributed by atoms with Gasteiger partial charge in [0.05, 0.1) is 6.61 Å². The maximum atomic E-state index is 9.13. The molecule has 4 saturated heterocycles. The highest BCUT2D eigenvalue weighted by Crippen LogP contribution is 2.43. The maximum absolute atomic E-state index is 9.13. The fraction of sp³-hybridized carbons (Fsp3) is 0.500. The number of ether oxygens (including phenoxy) is 1. The van der Waals surface area contributed by atoms with Gasteiger partial charge in [-0.2, -0.15) is 0 Å². The van der Waals surface area contributed by atoms with Gasteiger partial charge in [-0.05, 0) is 11.6 Å². The minimum absolute atomic E-state index is 0.0370. The molecule has 154 valence electrons. The second kappa shape index (κ2) is 8.07. The molecule has 4 aliphatic heterocycles. The number of fused-ring (bicyclic) bond motifs is 1. The highest BCUT2D eigenvalue weighted by Gasteiger charge is 2.54. The van der Waals surface area contributed by atoms with Gasteiger partial charge in [-0.3, -0.25) is 0 Å². The summed E-state index contributed by atoms with van der Waals surface area (Å²) in [6.07, 6.45) is 0. The molecule has 5 heteroatoms. The van der Waals surface area contributed by atoms with Crippen LogP contribution in [0.15, 0.2) is 54.6 Å². The number of nitrogens with one attached hydrogen (secondary N) is 1. The van der Waals surface area contributed by atoms with Crippen LogP contribution in [0.25, 0.3) is 0 Å². The molecule has 6 rings (SSSR count). The molecular formula is C24H31N3O2. The van der Waals surface area contributed by atoms with Gasteiger partial charge < -0.3 is 25.0 Å². The van der Waals surface area contributed by atoms with Crippen LogP contribution in [0.2, 0.25) is 0 Å². The summed E-state index contributed by atoms with van der Waals surface area (Å²) in [7, 11) is 0. The van der Waals surface area contributed by atoms with Gasteiger partial charge in [0, 0.05) is 68.8 Å². The Hall–Kier alpha value is -1.92. The molecule has 4 bridgehead atoms. The predicted octanol–water partition coefficient (Wildman–Crippen LogP) is 1.71. The van der Waals surface area contributed by atoms with E-state index in [0.29, 0.717) is 18.6 Å². The van der Waals surface area contributed by atoms with Crippen molar-refractivity contribution in [3.63, 3.8) is 0 Å². The molecule has 29 heavy (non-hydrogen) atoms. The third-order valence-corrected chi connectivity index (χ3v) is 6.98. The Morgan fingerprint density at radius 1 is 0.966 bits per heavy atom. The van der Waals surface area contributed by atoms with Crippen LogP contribution in [0, 0.1) is 5.92 Å². The van der Waals surface area contributed by atoms with Crippen molar-refractivity contribution >= 4 is 0 Å². The number of piperidine rings is 2. The molecule has 2 aromatic rings. The fourth-order valence-electron chi connectivity index (χ4n) is 5.84. The Morgan fingerprint density at radius 2 is 1.66 bits per heavy atom. The van der Waals surface area contributed by atoms with E-state index in [1.807, 2.05) is 12.1 Å². The van der Waals surface area contributed by atoms with Crippen molar-refractivity contribution in [2.24, 2.45) is 5.92 Å². The van der Waals surface area contributed by atoms with Crippen molar-refractivity contribution in [2.45, 2.75) is 18.0 Å². The van der Waals surface area contributed by atoms with Crippen LogP contribution in [0.3, 0.4) is 0 Å². The summed E-state index contributed by atoms with van der Waals surface area (Å²) in [4.78, 5) is 5.36. The summed E-state index contributed by atoms with van der Waals surface area (Å²) in [5.74, 6) is 1.50. The van der Waals surface area contributed by atoms with Gasteiger partial charge in [-0.1, -0.05) is 48.5 Å². The lowest BCUT2D eigenvalue weighted by Gasteiger charge is -2.56. The Balaban J connectivity index is 1.43. The first-order valence-corrected chi connectivity index (χ1v) is 10.8. The second-order valence-corrected chi connectivity index (χ2v) is 8.79. The lowest BCUT2D eigenvalue weighted by Crippen LogP contribution is -2.69. The predicted molar refractivity (Wildman–Crippen MR) is 114 cm³/mol. The normalized spacial score (nSPS) is 32.9. The smallest absolute Gasteiger partial charge is 0.123 e. The SMILES string of the molecule is OCCOc1ccccc1CNC1C2CN3CCN(C2)CC1(c1ccccc1)C3. The van der Waals surface area contributed by atoms with E-state index in [-0.39, 0.29) is 12.0 Å². The molecule has 3 unspecified atom stereocenters. The highest BCUT2D eigenvalue weighted by molar-refractivity contribution is 5.35. The van der Waals surface area contributed by atoms with Crippen LogP contribution >= 0.6 is 0 Å². The monoisotopic (exact) mass is 393 g/mol. The minimum atomic E-state index is 0.0370. The molecule has 0 aliphatic carbocycles. The second-order valence-electron chi connectivity index (χ2n) is 8.79. The van der Waals surface area contributed by atoms with E-state index in [1.54, 1.807) is 0 Å². The van der Waals surface area contributed by atoms with Crippen LogP contribution in [0.1, 0.15) is 11.1 Å². The molecule has 0 aromatic heterocycles. The lowest BCUT2D eigenvalue weighted by molar-refractivity contribution is 0.0174. The molecule has 4 fully saturated rings. The highest BCUT2D eigenvalue weighted by atomic mass is 16.5. The zero-order chi connectivity index (χ0) is 19.7. The van der Waals surface area contributed by atoms with Crippen molar-refractivity contribution < 1.29 is 9.84 Å². The molecule has 3 atom stereocenters. The van der Waals surface area contributed by atoms with E-state index in [2.05, 4.69) is 57.6 Å². The lowest BCUT2D eigenvalue weighted by atomic mass is 9.64. The van der Waals surface area contributed by atoms with E-state index in [1.165, 1.54) is 31.7 Å². The van der Waals surface area contributed by atoms with Crippen LogP contribution < -0.4 is 10.1 Å². The van der Waals surface area contributed by atoms with Crippen LogP contribution in [-0.2, 0) is 12.0 Å². The summed E-state index contributed by atoms with van der Waals surface area (Å²) >= 11 is 0. The summed E-state index contributed by atoms with van der Waals surface area (Å²) in [6.45, 7) is 8.17. The van der Waals surface area contributed by atoms with Gasteiger partial charge in [0.25, 0.3) is 0 Å². The summed E-state index contributed by atoms with van der Waals surface area (Å²) in [6, 6.07) is 19.8. The summed E-state index contributed by atoms with van der Waals surface area (Å²) in [5.41, 5.74) is 2.75. The number of aliphatic hydroxyl groups is 1. The van der Waals surface area contributed by atoms with E-state index in [0.717, 1.165) is 30.9 Å². The van der Waals surface area contributed by atoms with Crippen LogP contribution in [0.4, 0.5) is 0 Å². The topological polar surface area (TPSA) is 48.0 Å². The molecule has 2 aromatic carbocycles. The number of hydrogen-bond donors (Lipinski definition) is 2. The number of benzene rings is 2. The van der Waals surface area contributed by atoms with E-state index < -0.39 is 0 Å². The van der Waals surface area contributed by atoms with Crippen molar-refractivity contribution in [3.05, 3.63) is 65.7 Å². The number of rotatable bonds is 7. The van der Waals surface area contributed by atoms with Crippen molar-refractivity contribution in [2.75, 3.05) is 52.5 Å². The van der Waals surface area contributed by atoms with Gasteiger partial charge >= 0.3 is 0 Å². The van der Waals surface area contributed by atoms with Crippen molar-refractivity contribution in [1.82, 2.24) is 15.1 Å². The van der Waals surface area contributed by atoms with Gasteiger partial charge in [-0.25, -0.2) is 0 Å². The van der Waals surface area contributed by atoms with Gasteiger partial charge in [0.15, 0.2) is 0 Å². The Kier molecular flexibility index (Phi) is 5.31. The first kappa shape index (κ1) is 19.1. The van der Waals surface area contributed by atoms with Gasteiger partial charge in [0.1, 0.15) is 12.4 Å². The average molecular weight is 394 g/mol. The first-order chi connectivity index (χ1) is 14.3. The molecule has 2 N–H and O–H groups in total. The third-order valence-electron chi connectivity index (χ3n) is 6.98. The van der Waals surface area contributed by atoms with Gasteiger partial charge in [0.2, 0.25) is 0 Å². The largest absolute Gasteiger partial charge is 0.491 e. The number of para-hydroxylation sites is 1. The van der Waals surface area contributed by atoms with Crippen molar-refractivity contribution in [1.29, 1.82) is 0 Å². The molecule has 0 spiro atoms. The minimum Gasteiger partial charge on any atom is -0.491 e. The molecule has 5 nitrogen and oxygen atoms in total. The maximum Gasteiger partial charge on any atom is 0.123 e. The van der Waals surface area contributed by atoms with Crippen LogP contribution in [-0.4, -0.2) is 73.4 Å². The number of nitrogens with zero attached hydrogens (tertiary/aromatic N) is 2. The molecule has 4 aliphatic rings. The Morgan fingerprint density at radius 3 is 2.38 bits per heavy atom. The number of hydrogen-bond acceptors (Lipinski definition) is 5.